The quantitative estimate of drug-likeness (QED) is 0.860. The number of hydrogen-bond acceptors (Lipinski definition) is 6. The van der Waals surface area contributed by atoms with Crippen molar-refractivity contribution >= 4 is 33.3 Å². The maximum atomic E-state index is 12.1. The summed E-state index contributed by atoms with van der Waals surface area (Å²) in [6, 6.07) is -0.235. The van der Waals surface area contributed by atoms with Gasteiger partial charge in [0.05, 0.1) is 5.39 Å². The van der Waals surface area contributed by atoms with E-state index in [0.29, 0.717) is 6.54 Å². The fraction of sp³-hybridized carbons (Fsp3) is 0.500. The Labute approximate surface area is 127 Å². The maximum Gasteiger partial charge on any atom is 0.243 e. The van der Waals surface area contributed by atoms with Crippen molar-refractivity contribution in [2.75, 3.05) is 31.6 Å². The molecule has 1 aliphatic rings. The van der Waals surface area contributed by atoms with Gasteiger partial charge in [0, 0.05) is 31.6 Å². The molecular weight excluding hydrogens is 286 g/mol. The van der Waals surface area contributed by atoms with E-state index in [1.54, 1.807) is 24.7 Å². The zero-order valence-corrected chi connectivity index (χ0v) is 13.3. The second-order valence-electron chi connectivity index (χ2n) is 5.19. The number of carbonyl (C=O) groups excluding carboxylic acids is 1. The molecule has 2 aromatic rings. The van der Waals surface area contributed by atoms with Crippen LogP contribution in [0.15, 0.2) is 6.33 Å². The third-order valence-electron chi connectivity index (χ3n) is 4.01. The number of rotatable bonds is 2. The lowest BCUT2D eigenvalue weighted by atomic mass is 10.1. The number of piperazine rings is 1. The number of amides is 1. The number of aromatic nitrogens is 2. The largest absolute Gasteiger partial charge is 0.357 e. The fourth-order valence-corrected chi connectivity index (χ4v) is 3.73. The summed E-state index contributed by atoms with van der Waals surface area (Å²) < 4.78 is 0. The number of carbonyl (C=O) groups is 1. The Morgan fingerprint density at radius 1 is 1.48 bits per heavy atom. The Kier molecular flexibility index (Phi) is 3.77. The first-order valence-corrected chi connectivity index (χ1v) is 7.84. The van der Waals surface area contributed by atoms with Gasteiger partial charge in [-0.3, -0.25) is 4.79 Å². The molecule has 2 aromatic heterocycles. The summed E-state index contributed by atoms with van der Waals surface area (Å²) in [6.07, 6.45) is 1.59. The monoisotopic (exact) mass is 305 g/mol. The lowest BCUT2D eigenvalue weighted by Crippen LogP contribution is -2.58. The van der Waals surface area contributed by atoms with Gasteiger partial charge in [0.1, 0.15) is 23.0 Å². The van der Waals surface area contributed by atoms with Gasteiger partial charge in [-0.1, -0.05) is 0 Å². The first kappa shape index (κ1) is 14.2. The normalized spacial score (nSPS) is 19.0. The van der Waals surface area contributed by atoms with Crippen LogP contribution in [0.4, 0.5) is 5.82 Å². The molecule has 0 aromatic carbocycles. The highest BCUT2D eigenvalue weighted by Gasteiger charge is 2.30. The van der Waals surface area contributed by atoms with Crippen LogP contribution in [0.1, 0.15) is 10.4 Å². The number of fused-ring (bicyclic) bond motifs is 1. The summed E-state index contributed by atoms with van der Waals surface area (Å²) in [5, 5.41) is 7.09. The summed E-state index contributed by atoms with van der Waals surface area (Å²) in [6.45, 7) is 6.44. The lowest BCUT2D eigenvalue weighted by molar-refractivity contribution is -0.122. The highest BCUT2D eigenvalue weighted by molar-refractivity contribution is 7.18. The summed E-state index contributed by atoms with van der Waals surface area (Å²) in [7, 11) is 1.67. The molecular formula is C14H19N5OS. The molecule has 2 N–H and O–H groups in total. The van der Waals surface area contributed by atoms with Gasteiger partial charge in [0.2, 0.25) is 5.91 Å². The molecule has 0 saturated carbocycles. The Balaban J connectivity index is 2.11. The zero-order chi connectivity index (χ0) is 15.0. The van der Waals surface area contributed by atoms with Gasteiger partial charge < -0.3 is 15.5 Å². The van der Waals surface area contributed by atoms with Crippen molar-refractivity contribution in [3.05, 3.63) is 16.8 Å². The van der Waals surface area contributed by atoms with E-state index in [-0.39, 0.29) is 11.9 Å². The van der Waals surface area contributed by atoms with Gasteiger partial charge >= 0.3 is 0 Å². The average molecular weight is 305 g/mol. The minimum absolute atomic E-state index is 0.0126. The molecule has 0 aliphatic carbocycles. The van der Waals surface area contributed by atoms with Crippen molar-refractivity contribution in [1.29, 1.82) is 0 Å². The molecule has 0 bridgehead atoms. The summed E-state index contributed by atoms with van der Waals surface area (Å²) in [4.78, 5) is 25.3. The molecule has 1 aliphatic heterocycles. The second kappa shape index (κ2) is 5.57. The highest BCUT2D eigenvalue weighted by Crippen LogP contribution is 2.35. The lowest BCUT2D eigenvalue weighted by Gasteiger charge is -2.36. The Bertz CT molecular complexity index is 683. The summed E-state index contributed by atoms with van der Waals surface area (Å²) >= 11 is 1.68. The molecule has 6 nitrogen and oxygen atoms in total. The van der Waals surface area contributed by atoms with Gasteiger partial charge in [-0.05, 0) is 19.4 Å². The smallest absolute Gasteiger partial charge is 0.243 e. The topological polar surface area (TPSA) is 70.2 Å². The van der Waals surface area contributed by atoms with E-state index in [1.165, 1.54) is 10.4 Å². The Morgan fingerprint density at radius 3 is 3.05 bits per heavy atom. The van der Waals surface area contributed by atoms with E-state index in [2.05, 4.69) is 39.3 Å². The first-order chi connectivity index (χ1) is 10.1. The van der Waals surface area contributed by atoms with Crippen LogP contribution >= 0.6 is 11.3 Å². The molecule has 1 amide bonds. The van der Waals surface area contributed by atoms with Crippen LogP contribution in [0, 0.1) is 13.8 Å². The molecule has 7 heteroatoms. The number of aryl methyl sites for hydroxylation is 2. The number of thiophene rings is 1. The van der Waals surface area contributed by atoms with E-state index in [9.17, 15) is 4.79 Å². The van der Waals surface area contributed by atoms with Gasteiger partial charge in [-0.15, -0.1) is 11.3 Å². The van der Waals surface area contributed by atoms with Crippen molar-refractivity contribution in [2.24, 2.45) is 0 Å². The van der Waals surface area contributed by atoms with Gasteiger partial charge in [-0.2, -0.15) is 0 Å². The predicted molar refractivity (Wildman–Crippen MR) is 85.0 cm³/mol. The third kappa shape index (κ3) is 2.36. The first-order valence-electron chi connectivity index (χ1n) is 7.03. The maximum absolute atomic E-state index is 12.1. The average Bonchev–Trinajstić information content (AvgIpc) is 2.81. The number of nitrogens with zero attached hydrogens (tertiary/aromatic N) is 3. The van der Waals surface area contributed by atoms with Gasteiger partial charge in [0.15, 0.2) is 0 Å². The second-order valence-corrected chi connectivity index (χ2v) is 6.39. The molecule has 1 atom stereocenters. The van der Waals surface area contributed by atoms with Crippen molar-refractivity contribution in [3.8, 4) is 0 Å². The van der Waals surface area contributed by atoms with E-state index >= 15 is 0 Å². The number of hydrogen-bond donors (Lipinski definition) is 2. The van der Waals surface area contributed by atoms with E-state index in [4.69, 9.17) is 0 Å². The molecule has 3 rings (SSSR count). The van der Waals surface area contributed by atoms with Gasteiger partial charge in [-0.25, -0.2) is 9.97 Å². The van der Waals surface area contributed by atoms with E-state index in [0.717, 1.165) is 29.1 Å². The van der Waals surface area contributed by atoms with Crippen LogP contribution in [-0.2, 0) is 4.79 Å². The predicted octanol–water partition coefficient (Wildman–Crippen LogP) is 0.832. The van der Waals surface area contributed by atoms with E-state index < -0.39 is 0 Å². The zero-order valence-electron chi connectivity index (χ0n) is 12.4. The minimum atomic E-state index is -0.235. The van der Waals surface area contributed by atoms with Crippen molar-refractivity contribution in [3.63, 3.8) is 0 Å². The van der Waals surface area contributed by atoms with Crippen molar-refractivity contribution in [2.45, 2.75) is 19.9 Å². The van der Waals surface area contributed by atoms with Crippen LogP contribution < -0.4 is 15.5 Å². The number of nitrogens with one attached hydrogen (secondary N) is 2. The van der Waals surface area contributed by atoms with Crippen LogP contribution in [0.3, 0.4) is 0 Å². The molecule has 1 unspecified atom stereocenters. The van der Waals surface area contributed by atoms with E-state index in [1.807, 2.05) is 0 Å². The van der Waals surface area contributed by atoms with Crippen molar-refractivity contribution in [1.82, 2.24) is 20.6 Å². The molecule has 0 spiro atoms. The number of likely N-dealkylation sites (N-methyl/N-ethyl adjacent to an activating group) is 1. The molecule has 0 radical (unpaired) electrons. The van der Waals surface area contributed by atoms with Crippen LogP contribution in [0.2, 0.25) is 0 Å². The minimum Gasteiger partial charge on any atom is -0.357 e. The third-order valence-corrected chi connectivity index (χ3v) is 5.13. The summed E-state index contributed by atoms with van der Waals surface area (Å²) in [5.74, 6) is 0.885. The Hall–Kier alpha value is -1.73. The number of anilines is 1. The van der Waals surface area contributed by atoms with Crippen LogP contribution in [0.5, 0.6) is 0 Å². The standard InChI is InChI=1S/C14H19N5OS/c1-8-9(2)21-14-11(8)12(17-7-18-14)19-5-4-16-6-10(19)13(20)15-3/h7,10,16H,4-6H2,1-3H3,(H,15,20). The SMILES string of the molecule is CNC(=O)C1CNCCN1c1ncnc2sc(C)c(C)c12. The highest BCUT2D eigenvalue weighted by atomic mass is 32.1. The van der Waals surface area contributed by atoms with Crippen LogP contribution in [-0.4, -0.2) is 48.6 Å². The summed E-state index contributed by atoms with van der Waals surface area (Å²) in [5.41, 5.74) is 1.21. The van der Waals surface area contributed by atoms with Crippen LogP contribution in [0.25, 0.3) is 10.2 Å². The Morgan fingerprint density at radius 2 is 2.29 bits per heavy atom. The molecule has 3 heterocycles. The molecule has 21 heavy (non-hydrogen) atoms. The van der Waals surface area contributed by atoms with Crippen molar-refractivity contribution < 1.29 is 4.79 Å². The molecule has 1 saturated heterocycles. The molecule has 1 fully saturated rings. The fourth-order valence-electron chi connectivity index (χ4n) is 2.74. The molecule has 112 valence electrons. The van der Waals surface area contributed by atoms with Gasteiger partial charge in [0.25, 0.3) is 0 Å².